The second-order valence-electron chi connectivity index (χ2n) is 7.16. The fraction of sp³-hybridized carbons (Fsp3) is 0.450. The predicted octanol–water partition coefficient (Wildman–Crippen LogP) is 2.21. The summed E-state index contributed by atoms with van der Waals surface area (Å²) < 4.78 is 5.33. The maximum absolute atomic E-state index is 12.5. The number of H-pyrrole nitrogens is 1. The maximum Gasteiger partial charge on any atom is 0.255 e. The molecule has 1 fully saturated rings. The third-order valence-corrected chi connectivity index (χ3v) is 5.14. The normalized spacial score (nSPS) is 14.0. The first-order valence-electron chi connectivity index (χ1n) is 9.54. The lowest BCUT2D eigenvalue weighted by Gasteiger charge is -2.27. The summed E-state index contributed by atoms with van der Waals surface area (Å²) in [5, 5.41) is 3.38. The van der Waals surface area contributed by atoms with Crippen LogP contribution in [0, 0.1) is 6.92 Å². The molecule has 2 aromatic rings. The minimum atomic E-state index is -0.204. The Morgan fingerprint density at radius 3 is 2.69 bits per heavy atom. The van der Waals surface area contributed by atoms with Crippen molar-refractivity contribution in [1.29, 1.82) is 0 Å². The van der Waals surface area contributed by atoms with Crippen molar-refractivity contribution in [2.24, 2.45) is 0 Å². The molecular weight excluding hydrogens is 394 g/mol. The van der Waals surface area contributed by atoms with Crippen molar-refractivity contribution in [3.05, 3.63) is 44.8 Å². The van der Waals surface area contributed by atoms with Gasteiger partial charge in [-0.05, 0) is 31.5 Å². The van der Waals surface area contributed by atoms with Crippen LogP contribution in [0.25, 0.3) is 0 Å². The van der Waals surface area contributed by atoms with E-state index < -0.39 is 0 Å². The molecule has 1 aliphatic rings. The van der Waals surface area contributed by atoms with E-state index in [1.807, 2.05) is 30.0 Å². The number of carbonyl (C=O) groups is 1. The van der Waals surface area contributed by atoms with Gasteiger partial charge in [0.15, 0.2) is 0 Å². The maximum atomic E-state index is 12.5. The van der Waals surface area contributed by atoms with Gasteiger partial charge in [-0.2, -0.15) is 0 Å². The lowest BCUT2D eigenvalue weighted by Crippen LogP contribution is -2.38. The van der Waals surface area contributed by atoms with E-state index in [1.165, 1.54) is 0 Å². The number of amides is 1. The average Bonchev–Trinajstić information content (AvgIpc) is 2.67. The molecular formula is C20H26ClN5O3. The molecule has 2 N–H and O–H groups in total. The van der Waals surface area contributed by atoms with Gasteiger partial charge in [0.25, 0.3) is 5.56 Å². The summed E-state index contributed by atoms with van der Waals surface area (Å²) in [6, 6.07) is 5.36. The molecule has 1 amide bonds. The van der Waals surface area contributed by atoms with Gasteiger partial charge >= 0.3 is 0 Å². The van der Waals surface area contributed by atoms with Crippen molar-refractivity contribution in [2.45, 2.75) is 19.8 Å². The molecule has 0 spiro atoms. The van der Waals surface area contributed by atoms with Gasteiger partial charge in [0.2, 0.25) is 11.9 Å². The van der Waals surface area contributed by atoms with Crippen LogP contribution in [0.3, 0.4) is 0 Å². The molecule has 1 saturated heterocycles. The first-order chi connectivity index (χ1) is 13.8. The smallest absolute Gasteiger partial charge is 0.255 e. The number of ether oxygens (including phenoxy) is 1. The van der Waals surface area contributed by atoms with Crippen LogP contribution in [0.1, 0.15) is 17.7 Å². The van der Waals surface area contributed by atoms with Crippen LogP contribution in [-0.2, 0) is 16.0 Å². The molecule has 1 aromatic carbocycles. The molecule has 0 radical (unpaired) electrons. The molecule has 0 aliphatic carbocycles. The quantitative estimate of drug-likeness (QED) is 0.746. The Balaban J connectivity index is 1.62. The summed E-state index contributed by atoms with van der Waals surface area (Å²) in [6.45, 7) is 4.42. The molecule has 1 aliphatic heterocycles. The summed E-state index contributed by atoms with van der Waals surface area (Å²) in [5.74, 6) is 0.370. The fourth-order valence-corrected chi connectivity index (χ4v) is 3.57. The van der Waals surface area contributed by atoms with Crippen molar-refractivity contribution in [2.75, 3.05) is 55.5 Å². The number of benzene rings is 1. The number of hydrogen-bond acceptors (Lipinski definition) is 6. The highest BCUT2D eigenvalue weighted by atomic mass is 35.5. The molecule has 0 unspecified atom stereocenters. The second-order valence-corrected chi connectivity index (χ2v) is 7.57. The lowest BCUT2D eigenvalue weighted by molar-refractivity contribution is -0.116. The monoisotopic (exact) mass is 419 g/mol. The first-order valence-corrected chi connectivity index (χ1v) is 9.92. The largest absolute Gasteiger partial charge is 0.378 e. The molecule has 29 heavy (non-hydrogen) atoms. The topological polar surface area (TPSA) is 90.6 Å². The van der Waals surface area contributed by atoms with Crippen molar-refractivity contribution in [3.63, 3.8) is 0 Å². The standard InChI is InChI=1S/C20H26ClN5O3/c1-13-15(19(28)24-20(22-13)26-8-10-29-11-9-26)5-7-18(27)23-14-4-6-17(25(2)3)16(21)12-14/h4,6,12H,5,7-11H2,1-3H3,(H,23,27)(H,22,24,28). The lowest BCUT2D eigenvalue weighted by atomic mass is 10.1. The number of carbonyl (C=O) groups excluding carboxylic acids is 1. The highest BCUT2D eigenvalue weighted by molar-refractivity contribution is 6.33. The van der Waals surface area contributed by atoms with E-state index in [0.29, 0.717) is 60.6 Å². The Bertz CT molecular complexity index is 938. The minimum Gasteiger partial charge on any atom is -0.378 e. The van der Waals surface area contributed by atoms with E-state index in [1.54, 1.807) is 19.1 Å². The van der Waals surface area contributed by atoms with Gasteiger partial charge in [-0.25, -0.2) is 4.98 Å². The number of aromatic amines is 1. The van der Waals surface area contributed by atoms with E-state index in [4.69, 9.17) is 16.3 Å². The Morgan fingerprint density at radius 2 is 2.07 bits per heavy atom. The number of halogens is 1. The fourth-order valence-electron chi connectivity index (χ4n) is 3.22. The Hall–Kier alpha value is -2.58. The highest BCUT2D eigenvalue weighted by Gasteiger charge is 2.17. The highest BCUT2D eigenvalue weighted by Crippen LogP contribution is 2.27. The average molecular weight is 420 g/mol. The number of aromatic nitrogens is 2. The zero-order valence-electron chi connectivity index (χ0n) is 16.9. The van der Waals surface area contributed by atoms with E-state index in [2.05, 4.69) is 15.3 Å². The minimum absolute atomic E-state index is 0.176. The number of aryl methyl sites for hydroxylation is 1. The molecule has 8 nitrogen and oxygen atoms in total. The van der Waals surface area contributed by atoms with Crippen molar-refractivity contribution >= 4 is 34.8 Å². The van der Waals surface area contributed by atoms with Gasteiger partial charge in [0.05, 0.1) is 23.9 Å². The second kappa shape index (κ2) is 9.28. The number of morpholine rings is 1. The summed E-state index contributed by atoms with van der Waals surface area (Å²) in [4.78, 5) is 36.1. The molecule has 9 heteroatoms. The van der Waals surface area contributed by atoms with E-state index >= 15 is 0 Å². The van der Waals surface area contributed by atoms with Crippen LogP contribution in [-0.4, -0.2) is 56.3 Å². The van der Waals surface area contributed by atoms with Gasteiger partial charge in [-0.1, -0.05) is 11.6 Å². The Morgan fingerprint density at radius 1 is 1.34 bits per heavy atom. The molecule has 156 valence electrons. The number of hydrogen-bond donors (Lipinski definition) is 2. The SMILES string of the molecule is Cc1nc(N2CCOCC2)[nH]c(=O)c1CCC(=O)Nc1ccc(N(C)C)c(Cl)c1. The summed E-state index contributed by atoms with van der Waals surface area (Å²) in [7, 11) is 3.80. The number of nitrogens with zero attached hydrogens (tertiary/aromatic N) is 3. The van der Waals surface area contributed by atoms with Crippen molar-refractivity contribution in [3.8, 4) is 0 Å². The molecule has 0 bridgehead atoms. The van der Waals surface area contributed by atoms with Crippen LogP contribution < -0.4 is 20.7 Å². The third-order valence-electron chi connectivity index (χ3n) is 4.84. The first kappa shape index (κ1) is 21.1. The number of nitrogens with one attached hydrogen (secondary N) is 2. The van der Waals surface area contributed by atoms with Gasteiger partial charge in [0, 0.05) is 50.6 Å². The molecule has 0 atom stereocenters. The van der Waals surface area contributed by atoms with Crippen LogP contribution in [0.2, 0.25) is 5.02 Å². The molecule has 2 heterocycles. The molecule has 3 rings (SSSR count). The zero-order valence-corrected chi connectivity index (χ0v) is 17.7. The number of rotatable bonds is 6. The summed E-state index contributed by atoms with van der Waals surface area (Å²) >= 11 is 6.24. The van der Waals surface area contributed by atoms with Crippen molar-refractivity contribution < 1.29 is 9.53 Å². The van der Waals surface area contributed by atoms with E-state index in [-0.39, 0.29) is 17.9 Å². The zero-order chi connectivity index (χ0) is 21.0. The van der Waals surface area contributed by atoms with Crippen molar-refractivity contribution in [1.82, 2.24) is 9.97 Å². The van der Waals surface area contributed by atoms with Crippen LogP contribution in [0.4, 0.5) is 17.3 Å². The van der Waals surface area contributed by atoms with Crippen LogP contribution >= 0.6 is 11.6 Å². The van der Waals surface area contributed by atoms with Gasteiger partial charge in [-0.3, -0.25) is 14.6 Å². The molecule has 1 aromatic heterocycles. The van der Waals surface area contributed by atoms with Gasteiger partial charge in [-0.15, -0.1) is 0 Å². The Kier molecular flexibility index (Phi) is 6.76. The van der Waals surface area contributed by atoms with Gasteiger partial charge < -0.3 is 19.9 Å². The van der Waals surface area contributed by atoms with E-state index in [9.17, 15) is 9.59 Å². The molecule has 0 saturated carbocycles. The van der Waals surface area contributed by atoms with Crippen LogP contribution in [0.5, 0.6) is 0 Å². The van der Waals surface area contributed by atoms with Crippen LogP contribution in [0.15, 0.2) is 23.0 Å². The van der Waals surface area contributed by atoms with Gasteiger partial charge in [0.1, 0.15) is 0 Å². The Labute approximate surface area is 174 Å². The predicted molar refractivity (Wildman–Crippen MR) is 115 cm³/mol. The number of anilines is 3. The summed E-state index contributed by atoms with van der Waals surface area (Å²) in [5.41, 5.74) is 2.46. The van der Waals surface area contributed by atoms with E-state index in [0.717, 1.165) is 5.69 Å². The third kappa shape index (κ3) is 5.27. The summed E-state index contributed by atoms with van der Waals surface area (Å²) in [6.07, 6.45) is 0.489.